The van der Waals surface area contributed by atoms with Crippen LogP contribution < -0.4 is 10.6 Å². The molecule has 82 valence electrons. The molecule has 0 aromatic heterocycles. The van der Waals surface area contributed by atoms with Gasteiger partial charge in [0.05, 0.1) is 0 Å². The zero-order valence-corrected chi connectivity index (χ0v) is 9.89. The minimum atomic E-state index is -3.42. The molecule has 0 bridgehead atoms. The van der Waals surface area contributed by atoms with E-state index >= 15 is 0 Å². The van der Waals surface area contributed by atoms with Crippen LogP contribution in [0.4, 0.5) is 0 Å². The molecule has 16 heavy (non-hydrogen) atoms. The normalized spacial score (nSPS) is 14.4. The van der Waals surface area contributed by atoms with E-state index in [0.717, 1.165) is 5.56 Å². The Morgan fingerprint density at radius 2 is 1.38 bits per heavy atom. The summed E-state index contributed by atoms with van der Waals surface area (Å²) in [5, 5.41) is 0.947. The van der Waals surface area contributed by atoms with Gasteiger partial charge in [-0.3, -0.25) is 4.57 Å². The molecule has 0 radical (unpaired) electrons. The number of hydrogen-bond donors (Lipinski definition) is 1. The Kier molecular flexibility index (Phi) is 2.95. The topological polar surface area (TPSA) is 37.3 Å². The molecule has 0 fully saturated rings. The maximum atomic E-state index is 12.3. The second kappa shape index (κ2) is 4.25. The maximum absolute atomic E-state index is 12.3. The van der Waals surface area contributed by atoms with Crippen molar-refractivity contribution in [2.45, 2.75) is 6.92 Å². The zero-order valence-electron chi connectivity index (χ0n) is 9.00. The van der Waals surface area contributed by atoms with Crippen LogP contribution in [0, 0.1) is 6.92 Å². The van der Waals surface area contributed by atoms with E-state index < -0.39 is 7.37 Å². The van der Waals surface area contributed by atoms with Gasteiger partial charge in [-0.2, -0.15) is 0 Å². The highest BCUT2D eigenvalue weighted by Gasteiger charge is 2.23. The Morgan fingerprint density at radius 3 is 1.94 bits per heavy atom. The van der Waals surface area contributed by atoms with E-state index in [9.17, 15) is 9.46 Å². The van der Waals surface area contributed by atoms with Crippen LogP contribution in [-0.4, -0.2) is 4.89 Å². The lowest BCUT2D eigenvalue weighted by atomic mass is 10.2. The molecule has 1 unspecified atom stereocenters. The van der Waals surface area contributed by atoms with Crippen molar-refractivity contribution in [2.24, 2.45) is 0 Å². The van der Waals surface area contributed by atoms with Gasteiger partial charge in [-0.15, -0.1) is 0 Å². The summed E-state index contributed by atoms with van der Waals surface area (Å²) in [7, 11) is -3.42. The van der Waals surface area contributed by atoms with Crippen LogP contribution >= 0.6 is 7.37 Å². The largest absolute Gasteiger partial charge is 0.338 e. The number of rotatable bonds is 2. The van der Waals surface area contributed by atoms with E-state index in [1.807, 2.05) is 25.1 Å². The minimum Gasteiger partial charge on any atom is -0.338 e. The zero-order chi connectivity index (χ0) is 11.6. The van der Waals surface area contributed by atoms with Crippen LogP contribution in [-0.2, 0) is 4.57 Å². The van der Waals surface area contributed by atoms with Crippen LogP contribution in [0.5, 0.6) is 0 Å². The summed E-state index contributed by atoms with van der Waals surface area (Å²) >= 11 is 0. The summed E-state index contributed by atoms with van der Waals surface area (Å²) in [6.07, 6.45) is 0. The van der Waals surface area contributed by atoms with Gasteiger partial charge in [0.1, 0.15) is 0 Å². The molecule has 0 amide bonds. The fourth-order valence-corrected chi connectivity index (χ4v) is 2.95. The number of aryl methyl sites for hydroxylation is 1. The molecule has 0 spiro atoms. The third kappa shape index (κ3) is 2.08. The standard InChI is InChI=1S/C13H13O2P/c1-11-7-9-13(10-8-11)16(14,15)12-5-3-2-4-6-12/h2-10H,1H3,(H,14,15). The molecule has 3 heteroatoms. The molecule has 1 atom stereocenters. The first-order valence-corrected chi connectivity index (χ1v) is 6.72. The van der Waals surface area contributed by atoms with Crippen molar-refractivity contribution < 1.29 is 9.46 Å². The minimum absolute atomic E-state index is 0.471. The Bertz CT molecular complexity index is 517. The Balaban J connectivity index is 2.47. The van der Waals surface area contributed by atoms with E-state index in [1.54, 1.807) is 36.4 Å². The summed E-state index contributed by atoms with van der Waals surface area (Å²) < 4.78 is 12.3. The monoisotopic (exact) mass is 232 g/mol. The van der Waals surface area contributed by atoms with E-state index in [1.165, 1.54) is 0 Å². The molecule has 2 rings (SSSR count). The van der Waals surface area contributed by atoms with Crippen molar-refractivity contribution in [1.29, 1.82) is 0 Å². The third-order valence-electron chi connectivity index (χ3n) is 2.49. The second-order valence-corrected chi connectivity index (χ2v) is 5.93. The lowest BCUT2D eigenvalue weighted by molar-refractivity contribution is 0.501. The van der Waals surface area contributed by atoms with Crippen molar-refractivity contribution in [3.8, 4) is 0 Å². The first-order chi connectivity index (χ1) is 7.60. The molecule has 2 aromatic rings. The van der Waals surface area contributed by atoms with E-state index in [2.05, 4.69) is 0 Å². The first-order valence-electron chi connectivity index (χ1n) is 5.06. The second-order valence-electron chi connectivity index (χ2n) is 3.75. The molecule has 2 nitrogen and oxygen atoms in total. The fraction of sp³-hybridized carbons (Fsp3) is 0.0769. The average Bonchev–Trinajstić information content (AvgIpc) is 2.31. The predicted molar refractivity (Wildman–Crippen MR) is 66.7 cm³/mol. The molecule has 0 saturated carbocycles. The summed E-state index contributed by atoms with van der Waals surface area (Å²) in [6.45, 7) is 1.95. The van der Waals surface area contributed by atoms with Gasteiger partial charge in [-0.1, -0.05) is 35.9 Å². The Hall–Kier alpha value is -1.37. The SMILES string of the molecule is Cc1ccc(P(=O)(O)c2ccccc2)cc1. The maximum Gasteiger partial charge on any atom is 0.258 e. The van der Waals surface area contributed by atoms with Crippen molar-refractivity contribution in [3.63, 3.8) is 0 Å². The molecular weight excluding hydrogens is 219 g/mol. The van der Waals surface area contributed by atoms with Gasteiger partial charge in [0.15, 0.2) is 0 Å². The summed E-state index contributed by atoms with van der Waals surface area (Å²) in [5.74, 6) is 0. The van der Waals surface area contributed by atoms with Gasteiger partial charge >= 0.3 is 0 Å². The van der Waals surface area contributed by atoms with Crippen LogP contribution in [0.2, 0.25) is 0 Å². The number of hydrogen-bond acceptors (Lipinski definition) is 1. The quantitative estimate of drug-likeness (QED) is 0.806. The van der Waals surface area contributed by atoms with Gasteiger partial charge in [-0.25, -0.2) is 0 Å². The molecule has 1 N–H and O–H groups in total. The lowest BCUT2D eigenvalue weighted by Crippen LogP contribution is -2.14. The van der Waals surface area contributed by atoms with Crippen molar-refractivity contribution in [1.82, 2.24) is 0 Å². The van der Waals surface area contributed by atoms with Crippen LogP contribution in [0.1, 0.15) is 5.56 Å². The van der Waals surface area contributed by atoms with Crippen molar-refractivity contribution in [2.75, 3.05) is 0 Å². The van der Waals surface area contributed by atoms with Crippen LogP contribution in [0.15, 0.2) is 54.6 Å². The smallest absolute Gasteiger partial charge is 0.258 e. The molecule has 2 aromatic carbocycles. The third-order valence-corrected chi connectivity index (χ3v) is 4.49. The summed E-state index contributed by atoms with van der Waals surface area (Å²) in [5.41, 5.74) is 1.08. The highest BCUT2D eigenvalue weighted by atomic mass is 31.2. The van der Waals surface area contributed by atoms with E-state index in [-0.39, 0.29) is 0 Å². The Labute approximate surface area is 95.0 Å². The fourth-order valence-electron chi connectivity index (χ4n) is 1.53. The molecule has 0 aliphatic heterocycles. The predicted octanol–water partition coefficient (Wildman–Crippen LogP) is 2.22. The van der Waals surface area contributed by atoms with E-state index in [0.29, 0.717) is 10.6 Å². The average molecular weight is 232 g/mol. The molecular formula is C13H13O2P. The molecule has 0 aliphatic rings. The van der Waals surface area contributed by atoms with Crippen LogP contribution in [0.3, 0.4) is 0 Å². The molecule has 0 aliphatic carbocycles. The van der Waals surface area contributed by atoms with Gasteiger partial charge in [0.2, 0.25) is 0 Å². The van der Waals surface area contributed by atoms with Gasteiger partial charge in [0, 0.05) is 10.6 Å². The van der Waals surface area contributed by atoms with Gasteiger partial charge < -0.3 is 4.89 Å². The highest BCUT2D eigenvalue weighted by Crippen LogP contribution is 2.37. The van der Waals surface area contributed by atoms with Crippen molar-refractivity contribution >= 4 is 18.0 Å². The van der Waals surface area contributed by atoms with E-state index in [4.69, 9.17) is 0 Å². The lowest BCUT2D eigenvalue weighted by Gasteiger charge is -2.11. The highest BCUT2D eigenvalue weighted by molar-refractivity contribution is 7.73. The summed E-state index contributed by atoms with van der Waals surface area (Å²) in [4.78, 5) is 10.1. The van der Waals surface area contributed by atoms with Crippen molar-refractivity contribution in [3.05, 3.63) is 60.2 Å². The molecule has 0 saturated heterocycles. The summed E-state index contributed by atoms with van der Waals surface area (Å²) in [6, 6.07) is 15.9. The Morgan fingerprint density at radius 1 is 0.875 bits per heavy atom. The van der Waals surface area contributed by atoms with Gasteiger partial charge in [0.25, 0.3) is 7.37 Å². The van der Waals surface area contributed by atoms with Gasteiger partial charge in [-0.05, 0) is 31.2 Å². The number of benzene rings is 2. The molecule has 0 heterocycles. The first kappa shape index (κ1) is 11.1. The van der Waals surface area contributed by atoms with Crippen LogP contribution in [0.25, 0.3) is 0 Å².